The predicted molar refractivity (Wildman–Crippen MR) is 129 cm³/mol. The quantitative estimate of drug-likeness (QED) is 0.333. The summed E-state index contributed by atoms with van der Waals surface area (Å²) < 4.78 is 10.6. The number of hydrogen-bond donors (Lipinski definition) is 1. The van der Waals surface area contributed by atoms with E-state index in [0.717, 1.165) is 11.3 Å². The molecule has 4 rings (SSSR count). The van der Waals surface area contributed by atoms with E-state index in [1.807, 2.05) is 24.3 Å². The van der Waals surface area contributed by atoms with Crippen molar-refractivity contribution in [3.63, 3.8) is 0 Å². The number of methoxy groups -OCH3 is 1. The number of carbonyl (C=O) groups is 2. The second-order valence-corrected chi connectivity index (χ2v) is 8.59. The largest absolute Gasteiger partial charge is 0.497 e. The number of ether oxygens (including phenoxy) is 1. The Kier molecular flexibility index (Phi) is 6.38. The summed E-state index contributed by atoms with van der Waals surface area (Å²) in [5.74, 6) is 0.260. The Bertz CT molecular complexity index is 1300. The molecule has 2 heterocycles. The van der Waals surface area contributed by atoms with E-state index in [-0.39, 0.29) is 24.8 Å². The zero-order chi connectivity index (χ0) is 22.7. The minimum absolute atomic E-state index is 0.0875. The zero-order valence-corrected chi connectivity index (χ0v) is 18.6. The van der Waals surface area contributed by atoms with Crippen molar-refractivity contribution in [1.29, 1.82) is 0 Å². The number of thiocarbonyl (C=S) groups is 1. The van der Waals surface area contributed by atoms with Crippen molar-refractivity contribution in [2.45, 2.75) is 6.42 Å². The molecule has 1 fully saturated rings. The SMILES string of the molecule is COc1ccc(C=C2SC(=S)N(CCC(=O)Nc3ccc4oc(=O)ccc4c3)C2=O)cc1. The summed E-state index contributed by atoms with van der Waals surface area (Å²) in [5, 5.41) is 3.49. The van der Waals surface area contributed by atoms with Crippen LogP contribution in [0.5, 0.6) is 5.75 Å². The number of carbonyl (C=O) groups excluding carboxylic acids is 2. The first-order valence-corrected chi connectivity index (χ1v) is 10.9. The number of thioether (sulfide) groups is 1. The van der Waals surface area contributed by atoms with Crippen LogP contribution in [-0.4, -0.2) is 34.7 Å². The van der Waals surface area contributed by atoms with Crippen molar-refractivity contribution >= 4 is 62.8 Å². The van der Waals surface area contributed by atoms with Gasteiger partial charge in [0.05, 0.1) is 12.0 Å². The highest BCUT2D eigenvalue weighted by molar-refractivity contribution is 8.26. The van der Waals surface area contributed by atoms with Gasteiger partial charge in [0, 0.05) is 30.1 Å². The first kappa shape index (κ1) is 21.8. The van der Waals surface area contributed by atoms with Crippen LogP contribution in [0, 0.1) is 0 Å². The molecule has 9 heteroatoms. The first-order chi connectivity index (χ1) is 15.4. The zero-order valence-electron chi connectivity index (χ0n) is 17.0. The molecule has 0 aliphatic carbocycles. The number of fused-ring (bicyclic) bond motifs is 1. The van der Waals surface area contributed by atoms with Crippen LogP contribution < -0.4 is 15.7 Å². The molecule has 32 heavy (non-hydrogen) atoms. The summed E-state index contributed by atoms with van der Waals surface area (Å²) in [6, 6.07) is 15.3. The van der Waals surface area contributed by atoms with Crippen molar-refractivity contribution in [3.8, 4) is 5.75 Å². The van der Waals surface area contributed by atoms with Crippen molar-refractivity contribution in [3.05, 3.63) is 75.5 Å². The Morgan fingerprint density at radius 2 is 1.94 bits per heavy atom. The van der Waals surface area contributed by atoms with Crippen LogP contribution in [0.25, 0.3) is 17.0 Å². The van der Waals surface area contributed by atoms with Crippen molar-refractivity contribution < 1.29 is 18.7 Å². The van der Waals surface area contributed by atoms with Crippen LogP contribution in [0.4, 0.5) is 5.69 Å². The number of hydrogen-bond acceptors (Lipinski definition) is 7. The number of nitrogens with one attached hydrogen (secondary N) is 1. The fraction of sp³-hybridized carbons (Fsp3) is 0.130. The van der Waals surface area contributed by atoms with Crippen LogP contribution in [-0.2, 0) is 9.59 Å². The molecule has 1 aliphatic rings. The van der Waals surface area contributed by atoms with Gasteiger partial charge in [-0.05, 0) is 48.0 Å². The second-order valence-electron chi connectivity index (χ2n) is 6.91. The van der Waals surface area contributed by atoms with Crippen molar-refractivity contribution in [2.24, 2.45) is 0 Å². The third-order valence-electron chi connectivity index (χ3n) is 4.75. The summed E-state index contributed by atoms with van der Waals surface area (Å²) in [6.45, 7) is 0.179. The molecule has 0 unspecified atom stereocenters. The minimum Gasteiger partial charge on any atom is -0.497 e. The molecule has 3 aromatic rings. The molecule has 0 radical (unpaired) electrons. The highest BCUT2D eigenvalue weighted by atomic mass is 32.2. The van der Waals surface area contributed by atoms with Crippen molar-refractivity contribution in [1.82, 2.24) is 4.90 Å². The lowest BCUT2D eigenvalue weighted by Crippen LogP contribution is -2.31. The van der Waals surface area contributed by atoms with E-state index >= 15 is 0 Å². The molecule has 2 aromatic carbocycles. The molecule has 0 spiro atoms. The van der Waals surface area contributed by atoms with Gasteiger partial charge in [0.1, 0.15) is 15.7 Å². The normalized spacial score (nSPS) is 14.9. The van der Waals surface area contributed by atoms with Crippen LogP contribution >= 0.6 is 24.0 Å². The Morgan fingerprint density at radius 3 is 2.69 bits per heavy atom. The number of amides is 2. The lowest BCUT2D eigenvalue weighted by molar-refractivity contribution is -0.122. The Balaban J connectivity index is 1.37. The van der Waals surface area contributed by atoms with E-state index in [2.05, 4.69) is 5.32 Å². The van der Waals surface area contributed by atoms with Crippen LogP contribution in [0.2, 0.25) is 0 Å². The molecule has 0 atom stereocenters. The summed E-state index contributed by atoms with van der Waals surface area (Å²) in [4.78, 5) is 38.4. The van der Waals surface area contributed by atoms with E-state index in [4.69, 9.17) is 21.4 Å². The molecule has 0 saturated carbocycles. The fourth-order valence-electron chi connectivity index (χ4n) is 3.13. The van der Waals surface area contributed by atoms with Crippen LogP contribution in [0.15, 0.2) is 68.7 Å². The van der Waals surface area contributed by atoms with Gasteiger partial charge >= 0.3 is 5.63 Å². The number of nitrogens with zero attached hydrogens (tertiary/aromatic N) is 1. The molecule has 1 N–H and O–H groups in total. The standard InChI is InChI=1S/C23H18N2O5S2/c1-29-17-6-2-14(3-7-17)12-19-22(28)25(23(31)32-19)11-10-20(26)24-16-5-8-18-15(13-16)4-9-21(27)30-18/h2-9,12-13H,10-11H2,1H3,(H,24,26). The van der Waals surface area contributed by atoms with Gasteiger partial charge in [-0.2, -0.15) is 0 Å². The van der Waals surface area contributed by atoms with Gasteiger partial charge in [0.15, 0.2) is 0 Å². The third kappa shape index (κ3) is 4.90. The van der Waals surface area contributed by atoms with Gasteiger partial charge in [0.2, 0.25) is 5.91 Å². The van der Waals surface area contributed by atoms with Crippen LogP contribution in [0.3, 0.4) is 0 Å². The highest BCUT2D eigenvalue weighted by Crippen LogP contribution is 2.33. The number of benzene rings is 2. The van der Waals surface area contributed by atoms with E-state index in [1.54, 1.807) is 37.5 Å². The Hall–Kier alpha value is -3.43. The average Bonchev–Trinajstić information content (AvgIpc) is 3.05. The maximum atomic E-state index is 12.7. The van der Waals surface area contributed by atoms with Gasteiger partial charge in [-0.3, -0.25) is 14.5 Å². The van der Waals surface area contributed by atoms with E-state index < -0.39 is 5.63 Å². The van der Waals surface area contributed by atoms with Gasteiger partial charge in [0.25, 0.3) is 5.91 Å². The molecule has 1 aliphatic heterocycles. The number of rotatable bonds is 6. The summed E-state index contributed by atoms with van der Waals surface area (Å²) >= 11 is 6.55. The summed E-state index contributed by atoms with van der Waals surface area (Å²) in [5.41, 5.74) is 1.44. The van der Waals surface area contributed by atoms with E-state index in [0.29, 0.717) is 25.9 Å². The second kappa shape index (κ2) is 9.37. The molecular weight excluding hydrogens is 448 g/mol. The molecule has 1 aromatic heterocycles. The maximum Gasteiger partial charge on any atom is 0.336 e. The van der Waals surface area contributed by atoms with Gasteiger partial charge < -0.3 is 14.5 Å². The number of anilines is 1. The van der Waals surface area contributed by atoms with E-state index in [9.17, 15) is 14.4 Å². The predicted octanol–water partition coefficient (Wildman–Crippen LogP) is 4.03. The fourth-order valence-corrected chi connectivity index (χ4v) is 4.44. The monoisotopic (exact) mass is 466 g/mol. The molecule has 7 nitrogen and oxygen atoms in total. The smallest absolute Gasteiger partial charge is 0.336 e. The van der Waals surface area contributed by atoms with Crippen LogP contribution in [0.1, 0.15) is 12.0 Å². The molecule has 2 amide bonds. The lowest BCUT2D eigenvalue weighted by atomic mass is 10.2. The minimum atomic E-state index is -0.432. The molecule has 0 bridgehead atoms. The highest BCUT2D eigenvalue weighted by Gasteiger charge is 2.32. The lowest BCUT2D eigenvalue weighted by Gasteiger charge is -2.14. The van der Waals surface area contributed by atoms with Gasteiger partial charge in [-0.25, -0.2) is 4.79 Å². The molecule has 162 valence electrons. The summed E-state index contributed by atoms with van der Waals surface area (Å²) in [7, 11) is 1.59. The average molecular weight is 467 g/mol. The van der Waals surface area contributed by atoms with E-state index in [1.165, 1.54) is 22.7 Å². The van der Waals surface area contributed by atoms with Gasteiger partial charge in [-0.1, -0.05) is 36.1 Å². The first-order valence-electron chi connectivity index (χ1n) is 9.66. The molecule has 1 saturated heterocycles. The topological polar surface area (TPSA) is 88.8 Å². The maximum absolute atomic E-state index is 12.7. The third-order valence-corrected chi connectivity index (χ3v) is 6.13. The molecular formula is C23H18N2O5S2. The summed E-state index contributed by atoms with van der Waals surface area (Å²) in [6.07, 6.45) is 1.86. The van der Waals surface area contributed by atoms with Crippen molar-refractivity contribution in [2.75, 3.05) is 19.0 Å². The Labute approximate surface area is 193 Å². The Morgan fingerprint density at radius 1 is 1.16 bits per heavy atom. The van der Waals surface area contributed by atoms with Gasteiger partial charge in [-0.15, -0.1) is 0 Å².